The highest BCUT2D eigenvalue weighted by Crippen LogP contribution is 2.37. The van der Waals surface area contributed by atoms with Crippen LogP contribution in [0.3, 0.4) is 0 Å². The summed E-state index contributed by atoms with van der Waals surface area (Å²) >= 11 is 5.94. The van der Waals surface area contributed by atoms with Gasteiger partial charge in [-0.15, -0.1) is 0 Å². The maximum Gasteiger partial charge on any atom is 0.416 e. The lowest BCUT2D eigenvalue weighted by Gasteiger charge is -2.37. The molecule has 0 aliphatic carbocycles. The lowest BCUT2D eigenvalue weighted by Crippen LogP contribution is -2.34. The third kappa shape index (κ3) is 3.56. The Morgan fingerprint density at radius 1 is 1.17 bits per heavy atom. The van der Waals surface area contributed by atoms with Crippen molar-refractivity contribution in [3.63, 3.8) is 0 Å². The molecule has 0 spiro atoms. The molecule has 128 valence electrons. The summed E-state index contributed by atoms with van der Waals surface area (Å²) < 4.78 is 39.0. The maximum atomic E-state index is 13.0. The largest absolute Gasteiger partial charge is 0.416 e. The molecule has 1 aliphatic heterocycles. The SMILES string of the molecule is Nc1nc(Cl)cc(N2CCCCC2c2cccc(C(F)(F)F)c2)n1. The highest BCUT2D eigenvalue weighted by molar-refractivity contribution is 6.29. The van der Waals surface area contributed by atoms with Gasteiger partial charge < -0.3 is 10.6 Å². The van der Waals surface area contributed by atoms with Crippen molar-refractivity contribution in [2.45, 2.75) is 31.5 Å². The number of nitrogens with two attached hydrogens (primary N) is 1. The number of aromatic nitrogens is 2. The van der Waals surface area contributed by atoms with Crippen molar-refractivity contribution in [3.8, 4) is 0 Å². The van der Waals surface area contributed by atoms with Gasteiger partial charge >= 0.3 is 6.18 Å². The molecule has 3 rings (SSSR count). The summed E-state index contributed by atoms with van der Waals surface area (Å²) in [5.41, 5.74) is 5.61. The third-order valence-corrected chi connectivity index (χ3v) is 4.29. The Balaban J connectivity index is 1.98. The molecular formula is C16H16ClF3N4. The average Bonchev–Trinajstić information content (AvgIpc) is 2.53. The highest BCUT2D eigenvalue weighted by Gasteiger charge is 2.32. The number of hydrogen-bond acceptors (Lipinski definition) is 4. The van der Waals surface area contributed by atoms with E-state index in [1.165, 1.54) is 12.1 Å². The first-order valence-corrected chi connectivity index (χ1v) is 7.96. The Labute approximate surface area is 142 Å². The lowest BCUT2D eigenvalue weighted by molar-refractivity contribution is -0.137. The number of nitrogens with zero attached hydrogens (tertiary/aromatic N) is 3. The first kappa shape index (κ1) is 16.8. The zero-order valence-corrected chi connectivity index (χ0v) is 13.5. The molecule has 1 aromatic heterocycles. The van der Waals surface area contributed by atoms with Crippen molar-refractivity contribution in [2.24, 2.45) is 0 Å². The Kier molecular flexibility index (Phi) is 4.54. The molecule has 2 N–H and O–H groups in total. The normalized spacial score (nSPS) is 18.7. The molecule has 1 aliphatic rings. The van der Waals surface area contributed by atoms with E-state index in [-0.39, 0.29) is 17.1 Å². The van der Waals surface area contributed by atoms with E-state index >= 15 is 0 Å². The fourth-order valence-corrected chi connectivity index (χ4v) is 3.23. The van der Waals surface area contributed by atoms with Crippen molar-refractivity contribution in [1.82, 2.24) is 9.97 Å². The van der Waals surface area contributed by atoms with Gasteiger partial charge in [-0.3, -0.25) is 0 Å². The van der Waals surface area contributed by atoms with Crippen LogP contribution in [0.4, 0.5) is 24.9 Å². The van der Waals surface area contributed by atoms with Crippen molar-refractivity contribution in [1.29, 1.82) is 0 Å². The van der Waals surface area contributed by atoms with E-state index in [0.717, 1.165) is 25.3 Å². The fourth-order valence-electron chi connectivity index (χ4n) is 3.04. The van der Waals surface area contributed by atoms with Crippen LogP contribution < -0.4 is 10.6 Å². The molecule has 24 heavy (non-hydrogen) atoms. The van der Waals surface area contributed by atoms with Crippen molar-refractivity contribution in [3.05, 3.63) is 46.6 Å². The minimum Gasteiger partial charge on any atom is -0.368 e. The number of alkyl halides is 3. The van der Waals surface area contributed by atoms with Crippen LogP contribution in [-0.2, 0) is 6.18 Å². The van der Waals surface area contributed by atoms with E-state index in [1.807, 2.05) is 4.90 Å². The number of anilines is 2. The van der Waals surface area contributed by atoms with Gasteiger partial charge in [0.1, 0.15) is 11.0 Å². The van der Waals surface area contributed by atoms with Crippen LogP contribution in [-0.4, -0.2) is 16.5 Å². The minimum atomic E-state index is -4.36. The zero-order chi connectivity index (χ0) is 17.3. The van der Waals surface area contributed by atoms with Crippen LogP contribution in [0.5, 0.6) is 0 Å². The van der Waals surface area contributed by atoms with E-state index in [2.05, 4.69) is 9.97 Å². The summed E-state index contributed by atoms with van der Waals surface area (Å²) in [7, 11) is 0. The third-order valence-electron chi connectivity index (χ3n) is 4.09. The van der Waals surface area contributed by atoms with Gasteiger partial charge in [0.25, 0.3) is 0 Å². The quantitative estimate of drug-likeness (QED) is 0.807. The summed E-state index contributed by atoms with van der Waals surface area (Å²) in [5, 5.41) is 0.214. The predicted octanol–water partition coefficient (Wildman–Crippen LogP) is 4.46. The molecule has 8 heteroatoms. The van der Waals surface area contributed by atoms with Gasteiger partial charge in [0.15, 0.2) is 0 Å². The fraction of sp³-hybridized carbons (Fsp3) is 0.375. The monoisotopic (exact) mass is 356 g/mol. The van der Waals surface area contributed by atoms with E-state index < -0.39 is 11.7 Å². The molecule has 0 bridgehead atoms. The number of rotatable bonds is 2. The van der Waals surface area contributed by atoms with Gasteiger partial charge in [-0.1, -0.05) is 23.7 Å². The average molecular weight is 357 g/mol. The molecule has 1 aromatic carbocycles. The molecule has 0 amide bonds. The second-order valence-electron chi connectivity index (χ2n) is 5.74. The molecule has 1 saturated heterocycles. The van der Waals surface area contributed by atoms with Crippen molar-refractivity contribution >= 4 is 23.4 Å². The van der Waals surface area contributed by atoms with Gasteiger partial charge in [-0.05, 0) is 37.0 Å². The first-order chi connectivity index (χ1) is 11.3. The molecular weight excluding hydrogens is 341 g/mol. The number of benzene rings is 1. The van der Waals surface area contributed by atoms with Gasteiger partial charge in [-0.2, -0.15) is 18.2 Å². The smallest absolute Gasteiger partial charge is 0.368 e. The molecule has 1 atom stereocenters. The molecule has 2 heterocycles. The highest BCUT2D eigenvalue weighted by atomic mass is 35.5. The minimum absolute atomic E-state index is 0.0471. The maximum absolute atomic E-state index is 13.0. The Morgan fingerprint density at radius 3 is 2.67 bits per heavy atom. The van der Waals surface area contributed by atoms with E-state index in [4.69, 9.17) is 17.3 Å². The second kappa shape index (κ2) is 6.47. The van der Waals surface area contributed by atoms with Crippen molar-refractivity contribution in [2.75, 3.05) is 17.2 Å². The topological polar surface area (TPSA) is 55.0 Å². The second-order valence-corrected chi connectivity index (χ2v) is 6.12. The summed E-state index contributed by atoms with van der Waals surface area (Å²) in [6, 6.07) is 6.82. The summed E-state index contributed by atoms with van der Waals surface area (Å²) in [5.74, 6) is 0.584. The molecule has 0 radical (unpaired) electrons. The van der Waals surface area contributed by atoms with Gasteiger partial charge in [0.2, 0.25) is 5.95 Å². The molecule has 0 saturated carbocycles. The Bertz CT molecular complexity index is 715. The standard InChI is InChI=1S/C16H16ClF3N4/c17-13-9-14(23-15(21)22-13)24-7-2-1-6-12(24)10-4-3-5-11(8-10)16(18,19)20/h3-5,8-9,12H,1-2,6-7H2,(H2,21,22,23). The Hall–Kier alpha value is -2.02. The van der Waals surface area contributed by atoms with Crippen LogP contribution in [0, 0.1) is 0 Å². The van der Waals surface area contributed by atoms with Crippen LogP contribution in [0.1, 0.15) is 36.4 Å². The summed E-state index contributed by atoms with van der Waals surface area (Å²) in [6.07, 6.45) is -1.76. The van der Waals surface area contributed by atoms with Gasteiger partial charge in [-0.25, -0.2) is 4.98 Å². The van der Waals surface area contributed by atoms with Crippen LogP contribution in [0.25, 0.3) is 0 Å². The number of halogens is 4. The first-order valence-electron chi connectivity index (χ1n) is 7.58. The van der Waals surface area contributed by atoms with Crippen LogP contribution in [0.15, 0.2) is 30.3 Å². The summed E-state index contributed by atoms with van der Waals surface area (Å²) in [4.78, 5) is 9.97. The zero-order valence-electron chi connectivity index (χ0n) is 12.7. The number of piperidine rings is 1. The van der Waals surface area contributed by atoms with Gasteiger partial charge in [0, 0.05) is 12.6 Å². The Morgan fingerprint density at radius 2 is 1.96 bits per heavy atom. The van der Waals surface area contributed by atoms with Crippen LogP contribution in [0.2, 0.25) is 5.15 Å². The summed E-state index contributed by atoms with van der Waals surface area (Å²) in [6.45, 7) is 0.674. The predicted molar refractivity (Wildman–Crippen MR) is 86.8 cm³/mol. The molecule has 4 nitrogen and oxygen atoms in total. The van der Waals surface area contributed by atoms with Crippen molar-refractivity contribution < 1.29 is 13.2 Å². The van der Waals surface area contributed by atoms with E-state index in [0.29, 0.717) is 17.9 Å². The molecule has 2 aromatic rings. The molecule has 1 fully saturated rings. The lowest BCUT2D eigenvalue weighted by atomic mass is 9.94. The van der Waals surface area contributed by atoms with Gasteiger partial charge in [0.05, 0.1) is 11.6 Å². The number of nitrogen functional groups attached to an aromatic ring is 1. The molecule has 1 unspecified atom stereocenters. The van der Waals surface area contributed by atoms with E-state index in [1.54, 1.807) is 12.1 Å². The van der Waals surface area contributed by atoms with Crippen LogP contribution >= 0.6 is 11.6 Å². The van der Waals surface area contributed by atoms with E-state index in [9.17, 15) is 13.2 Å². The number of hydrogen-bond donors (Lipinski definition) is 1.